The minimum atomic E-state index is -1.28. The standard InChI is InChI=1S/C26H18O14/c27-9-5-12(22(35)18(33)6-9)23(36)20-19(4-3-13(28)25(20)38)39-40-26-14(29)2-1-10(24(26)37)21(34)11-7-16(31)17(32)8-15(11)30/h1-8,27-33,35,37-38H. The molecule has 0 heterocycles. The van der Waals surface area contributed by atoms with Crippen molar-refractivity contribution >= 4 is 11.6 Å². The molecule has 14 heteroatoms. The third-order valence-corrected chi connectivity index (χ3v) is 5.57. The highest BCUT2D eigenvalue weighted by molar-refractivity contribution is 6.15. The minimum absolute atomic E-state index is 0.548. The van der Waals surface area contributed by atoms with Crippen LogP contribution in [0, 0.1) is 0 Å². The summed E-state index contributed by atoms with van der Waals surface area (Å²) in [7, 11) is 0. The zero-order valence-corrected chi connectivity index (χ0v) is 19.7. The first-order valence-corrected chi connectivity index (χ1v) is 10.8. The number of carbonyl (C=O) groups is 2. The van der Waals surface area contributed by atoms with Crippen LogP contribution in [0.3, 0.4) is 0 Å². The van der Waals surface area contributed by atoms with Crippen LogP contribution in [0.5, 0.6) is 69.0 Å². The first-order chi connectivity index (χ1) is 18.8. The van der Waals surface area contributed by atoms with Crippen LogP contribution in [0.25, 0.3) is 0 Å². The van der Waals surface area contributed by atoms with E-state index in [1.165, 1.54) is 0 Å². The smallest absolute Gasteiger partial charge is 0.262 e. The maximum absolute atomic E-state index is 13.1. The Labute approximate surface area is 222 Å². The molecule has 0 unspecified atom stereocenters. The summed E-state index contributed by atoms with van der Waals surface area (Å²) in [4.78, 5) is 36.0. The van der Waals surface area contributed by atoms with Crippen LogP contribution in [-0.4, -0.2) is 62.6 Å². The molecule has 0 fully saturated rings. The Balaban J connectivity index is 1.73. The zero-order chi connectivity index (χ0) is 29.5. The molecule has 206 valence electrons. The second-order valence-corrected chi connectivity index (χ2v) is 8.16. The van der Waals surface area contributed by atoms with E-state index in [9.17, 15) is 60.7 Å². The lowest BCUT2D eigenvalue weighted by molar-refractivity contribution is -0.104. The molecule has 0 aromatic heterocycles. The molecular formula is C26H18O14. The average molecular weight is 554 g/mol. The molecule has 4 rings (SSSR count). The van der Waals surface area contributed by atoms with Gasteiger partial charge in [-0.05, 0) is 36.4 Å². The van der Waals surface area contributed by atoms with Crippen molar-refractivity contribution < 1.29 is 70.4 Å². The third-order valence-electron chi connectivity index (χ3n) is 5.57. The molecule has 0 aliphatic heterocycles. The van der Waals surface area contributed by atoms with E-state index >= 15 is 0 Å². The molecule has 0 aliphatic carbocycles. The van der Waals surface area contributed by atoms with Gasteiger partial charge in [0.15, 0.2) is 51.7 Å². The van der Waals surface area contributed by atoms with Crippen molar-refractivity contribution in [1.82, 2.24) is 0 Å². The van der Waals surface area contributed by atoms with Gasteiger partial charge in [-0.15, -0.1) is 0 Å². The summed E-state index contributed by atoms with van der Waals surface area (Å²) < 4.78 is 0. The van der Waals surface area contributed by atoms with Gasteiger partial charge in [-0.25, -0.2) is 0 Å². The zero-order valence-electron chi connectivity index (χ0n) is 19.7. The van der Waals surface area contributed by atoms with E-state index in [-0.39, 0.29) is 0 Å². The number of rotatable bonds is 7. The maximum Gasteiger partial charge on any atom is 0.262 e. The van der Waals surface area contributed by atoms with E-state index in [4.69, 9.17) is 9.78 Å². The van der Waals surface area contributed by atoms with Gasteiger partial charge in [0, 0.05) is 12.1 Å². The monoisotopic (exact) mass is 554 g/mol. The highest BCUT2D eigenvalue weighted by Gasteiger charge is 2.29. The SMILES string of the molecule is O=C(c1cc(O)c(O)cc1O)c1ccc(O)c(OOc2ccc(O)c(O)c2C(=O)c2cc(O)cc(O)c2O)c1O. The fraction of sp³-hybridized carbons (Fsp3) is 0. The number of aromatic hydroxyl groups is 10. The molecule has 0 atom stereocenters. The van der Waals surface area contributed by atoms with Crippen LogP contribution >= 0.6 is 0 Å². The predicted molar refractivity (Wildman–Crippen MR) is 131 cm³/mol. The van der Waals surface area contributed by atoms with Gasteiger partial charge < -0.3 is 51.1 Å². The molecule has 0 radical (unpaired) electrons. The number of phenolic OH excluding ortho intramolecular Hbond substituents is 10. The summed E-state index contributed by atoms with van der Waals surface area (Å²) in [5.74, 6) is -12.4. The van der Waals surface area contributed by atoms with E-state index in [0.717, 1.165) is 42.5 Å². The normalized spacial score (nSPS) is 10.7. The minimum Gasteiger partial charge on any atom is -0.508 e. The molecule has 40 heavy (non-hydrogen) atoms. The first kappa shape index (κ1) is 26.9. The second-order valence-electron chi connectivity index (χ2n) is 8.16. The number of benzene rings is 4. The Morgan fingerprint density at radius 3 is 1.82 bits per heavy atom. The lowest BCUT2D eigenvalue weighted by Crippen LogP contribution is -2.10. The molecular weight excluding hydrogens is 536 g/mol. The van der Waals surface area contributed by atoms with Gasteiger partial charge in [0.25, 0.3) is 5.75 Å². The predicted octanol–water partition coefficient (Wildman–Crippen LogP) is 2.58. The van der Waals surface area contributed by atoms with E-state index in [2.05, 4.69) is 0 Å². The van der Waals surface area contributed by atoms with Crippen LogP contribution in [0.15, 0.2) is 48.5 Å². The Morgan fingerprint density at radius 1 is 0.475 bits per heavy atom. The number of carbonyl (C=O) groups excluding carboxylic acids is 2. The van der Waals surface area contributed by atoms with Crippen LogP contribution < -0.4 is 9.78 Å². The molecule has 0 saturated heterocycles. The van der Waals surface area contributed by atoms with Gasteiger partial charge >= 0.3 is 0 Å². The summed E-state index contributed by atoms with van der Waals surface area (Å²) in [5.41, 5.74) is -2.70. The maximum atomic E-state index is 13.1. The molecule has 4 aromatic rings. The summed E-state index contributed by atoms with van der Waals surface area (Å²) in [5, 5.41) is 99.7. The summed E-state index contributed by atoms with van der Waals surface area (Å²) in [6.45, 7) is 0. The van der Waals surface area contributed by atoms with Gasteiger partial charge in [-0.3, -0.25) is 19.4 Å². The fourth-order valence-electron chi connectivity index (χ4n) is 3.57. The molecule has 10 N–H and O–H groups in total. The molecule has 0 saturated carbocycles. The van der Waals surface area contributed by atoms with E-state index < -0.39 is 103 Å². The summed E-state index contributed by atoms with van der Waals surface area (Å²) in [6.07, 6.45) is 0. The van der Waals surface area contributed by atoms with Crippen molar-refractivity contribution in [1.29, 1.82) is 0 Å². The highest BCUT2D eigenvalue weighted by atomic mass is 17.2. The van der Waals surface area contributed by atoms with Crippen LogP contribution in [0.4, 0.5) is 0 Å². The van der Waals surface area contributed by atoms with Gasteiger partial charge in [0.1, 0.15) is 17.1 Å². The Hall–Kier alpha value is -6.18. The number of phenols is 10. The summed E-state index contributed by atoms with van der Waals surface area (Å²) in [6, 6.07) is 6.47. The average Bonchev–Trinajstić information content (AvgIpc) is 2.89. The van der Waals surface area contributed by atoms with Gasteiger partial charge in [0.05, 0.1) is 16.7 Å². The fourth-order valence-corrected chi connectivity index (χ4v) is 3.57. The summed E-state index contributed by atoms with van der Waals surface area (Å²) >= 11 is 0. The lowest BCUT2D eigenvalue weighted by atomic mass is 9.99. The Morgan fingerprint density at radius 2 is 1.12 bits per heavy atom. The lowest BCUT2D eigenvalue weighted by Gasteiger charge is -2.15. The van der Waals surface area contributed by atoms with E-state index in [1.807, 2.05) is 0 Å². The van der Waals surface area contributed by atoms with Crippen LogP contribution in [-0.2, 0) is 0 Å². The number of hydrogen-bond acceptors (Lipinski definition) is 14. The Kier molecular flexibility index (Phi) is 6.68. The molecule has 14 nitrogen and oxygen atoms in total. The highest BCUT2D eigenvalue weighted by Crippen LogP contribution is 2.44. The molecule has 0 amide bonds. The number of ketones is 2. The van der Waals surface area contributed by atoms with Crippen molar-refractivity contribution in [3.8, 4) is 69.0 Å². The van der Waals surface area contributed by atoms with Gasteiger partial charge in [-0.1, -0.05) is 0 Å². The van der Waals surface area contributed by atoms with Crippen LogP contribution in [0.2, 0.25) is 0 Å². The second kappa shape index (κ2) is 9.94. The van der Waals surface area contributed by atoms with Crippen LogP contribution in [0.1, 0.15) is 31.8 Å². The number of hydrogen-bond donors (Lipinski definition) is 10. The van der Waals surface area contributed by atoms with E-state index in [0.29, 0.717) is 6.07 Å². The largest absolute Gasteiger partial charge is 0.508 e. The van der Waals surface area contributed by atoms with E-state index in [1.54, 1.807) is 0 Å². The van der Waals surface area contributed by atoms with Gasteiger partial charge in [0.2, 0.25) is 11.6 Å². The molecule has 4 aromatic carbocycles. The quantitative estimate of drug-likeness (QED) is 0.0518. The van der Waals surface area contributed by atoms with Crippen molar-refractivity contribution in [3.05, 3.63) is 70.8 Å². The molecule has 0 spiro atoms. The van der Waals surface area contributed by atoms with Crippen molar-refractivity contribution in [2.45, 2.75) is 0 Å². The topological polar surface area (TPSA) is 255 Å². The Bertz CT molecular complexity index is 1690. The van der Waals surface area contributed by atoms with Crippen molar-refractivity contribution in [3.63, 3.8) is 0 Å². The molecule has 0 aliphatic rings. The van der Waals surface area contributed by atoms with Crippen molar-refractivity contribution in [2.24, 2.45) is 0 Å². The third kappa shape index (κ3) is 4.63. The van der Waals surface area contributed by atoms with Gasteiger partial charge in [-0.2, -0.15) is 0 Å². The molecule has 0 bridgehead atoms. The van der Waals surface area contributed by atoms with Crippen molar-refractivity contribution in [2.75, 3.05) is 0 Å². The first-order valence-electron chi connectivity index (χ1n) is 10.8.